The van der Waals surface area contributed by atoms with Gasteiger partial charge >= 0.3 is 11.9 Å². The Bertz CT molecular complexity index is 2520. The highest BCUT2D eigenvalue weighted by Gasteiger charge is 2.24. The number of alkyl halides is 1. The van der Waals surface area contributed by atoms with Gasteiger partial charge in [-0.25, -0.2) is 4.79 Å². The Morgan fingerprint density at radius 2 is 1.03 bits per heavy atom. The molecule has 0 aliphatic rings. The minimum atomic E-state index is -1.17. The number of carboxylic acid groups (broad SMARTS) is 1. The van der Waals surface area contributed by atoms with Gasteiger partial charge in [0.25, 0.3) is 0 Å². The van der Waals surface area contributed by atoms with Gasteiger partial charge in [0.1, 0.15) is 49.8 Å². The second-order valence-electron chi connectivity index (χ2n) is 11.7. The number of carboxylic acids is 1. The van der Waals surface area contributed by atoms with Crippen LogP contribution >= 0.6 is 39.1 Å². The molecule has 2 unspecified atom stereocenters. The number of halogens is 3. The smallest absolute Gasteiger partial charge is 0.349 e. The van der Waals surface area contributed by atoms with Crippen molar-refractivity contribution in [2.75, 3.05) is 7.11 Å². The van der Waals surface area contributed by atoms with Crippen molar-refractivity contribution >= 4 is 73.1 Å². The third-order valence-corrected chi connectivity index (χ3v) is 9.31. The van der Waals surface area contributed by atoms with E-state index in [1.807, 2.05) is 84.9 Å². The quantitative estimate of drug-likeness (QED) is 0.111. The molecular formula is C43H39BrCl2N6O6. The van der Waals surface area contributed by atoms with Crippen molar-refractivity contribution in [3.8, 4) is 22.9 Å². The van der Waals surface area contributed by atoms with Gasteiger partial charge in [0.15, 0.2) is 0 Å². The number of benzene rings is 6. The Hall–Kier alpha value is -6.28. The molecule has 0 saturated carbocycles. The topological polar surface area (TPSA) is 154 Å². The van der Waals surface area contributed by atoms with Crippen molar-refractivity contribution in [1.29, 1.82) is 0 Å². The third kappa shape index (κ3) is 11.0. The Morgan fingerprint density at radius 1 is 0.621 bits per heavy atom. The molecule has 0 radical (unpaired) electrons. The molecule has 0 amide bonds. The molecule has 2 aromatic heterocycles. The highest BCUT2D eigenvalue weighted by Crippen LogP contribution is 2.31. The van der Waals surface area contributed by atoms with Gasteiger partial charge in [-0.1, -0.05) is 139 Å². The van der Waals surface area contributed by atoms with Crippen LogP contribution in [-0.4, -0.2) is 59.2 Å². The van der Waals surface area contributed by atoms with E-state index in [0.29, 0.717) is 43.8 Å². The maximum atomic E-state index is 11.8. The number of hydrogen-bond acceptors (Lipinski definition) is 9. The molecule has 0 bridgehead atoms. The number of methoxy groups -OCH3 is 1. The van der Waals surface area contributed by atoms with E-state index in [2.05, 4.69) is 41.1 Å². The van der Waals surface area contributed by atoms with Crippen LogP contribution in [0.2, 0.25) is 10.0 Å². The molecular weight excluding hydrogens is 847 g/mol. The standard InChI is InChI=1S/C20H14ClN3O3.C12H8ClN3O.C9H9BrO2.2CH4/c21-14-10-11-18(27-19(20(25)26)13-6-2-1-3-7-13)17(12-14)24-22-15-8-4-5-9-16(15)23-24;13-8-5-6-12(17)11(7-8)16-14-9-3-1-2-4-10(9)15-16;1-12-9(11)8(10)7-5-3-2-4-6-7;;/h1-12,19H,(H,25,26);1-7,17H;2-6,8H,1H3;2*1H4. The van der Waals surface area contributed by atoms with E-state index < -0.39 is 12.1 Å². The molecule has 0 saturated heterocycles. The summed E-state index contributed by atoms with van der Waals surface area (Å²) in [6, 6.07) is 42.7. The van der Waals surface area contributed by atoms with Gasteiger partial charge in [0, 0.05) is 15.6 Å². The average molecular weight is 887 g/mol. The number of carbonyl (C=O) groups excluding carboxylic acids is 1. The zero-order valence-corrected chi connectivity index (χ0v) is 32.5. The first-order valence-corrected chi connectivity index (χ1v) is 18.4. The predicted molar refractivity (Wildman–Crippen MR) is 230 cm³/mol. The monoisotopic (exact) mass is 884 g/mol. The average Bonchev–Trinajstić information content (AvgIpc) is 3.87. The van der Waals surface area contributed by atoms with Crippen LogP contribution in [-0.2, 0) is 14.3 Å². The predicted octanol–water partition coefficient (Wildman–Crippen LogP) is 10.6. The van der Waals surface area contributed by atoms with Crippen LogP contribution in [0, 0.1) is 0 Å². The summed E-state index contributed by atoms with van der Waals surface area (Å²) >= 11 is 15.3. The number of nitrogens with zero attached hydrogens (tertiary/aromatic N) is 6. The molecule has 2 N–H and O–H groups in total. The van der Waals surface area contributed by atoms with Gasteiger partial charge < -0.3 is 19.7 Å². The van der Waals surface area contributed by atoms with Crippen molar-refractivity contribution in [1.82, 2.24) is 30.0 Å². The molecule has 2 atom stereocenters. The molecule has 8 aromatic rings. The number of phenolic OH excluding ortho intramolecular Hbond substituents is 1. The first kappa shape index (κ1) is 44.4. The molecule has 6 aromatic carbocycles. The number of fused-ring (bicyclic) bond motifs is 2. The zero-order chi connectivity index (χ0) is 39.6. The molecule has 298 valence electrons. The SMILES string of the molecule is C.C.COC(=O)C(Br)c1ccccc1.O=C(O)C(Oc1ccc(Cl)cc1-n1nc2ccccc2n1)c1ccccc1.Oc1ccc(Cl)cc1-n1nc2ccccc2n1. The second kappa shape index (κ2) is 20.8. The lowest BCUT2D eigenvalue weighted by Gasteiger charge is -2.17. The summed E-state index contributed by atoms with van der Waals surface area (Å²) in [5, 5.41) is 37.8. The largest absolute Gasteiger partial charge is 0.506 e. The highest BCUT2D eigenvalue weighted by molar-refractivity contribution is 9.09. The van der Waals surface area contributed by atoms with Crippen LogP contribution in [0.5, 0.6) is 11.5 Å². The first-order valence-electron chi connectivity index (χ1n) is 16.8. The van der Waals surface area contributed by atoms with Crippen LogP contribution < -0.4 is 4.74 Å². The number of rotatable bonds is 8. The van der Waals surface area contributed by atoms with Gasteiger partial charge in [-0.2, -0.15) is 0 Å². The molecule has 2 heterocycles. The van der Waals surface area contributed by atoms with Gasteiger partial charge in [0.05, 0.1) is 7.11 Å². The minimum absolute atomic E-state index is 0. The molecule has 58 heavy (non-hydrogen) atoms. The molecule has 0 aliphatic heterocycles. The van der Waals surface area contributed by atoms with E-state index >= 15 is 0 Å². The van der Waals surface area contributed by atoms with Crippen LogP contribution in [0.25, 0.3) is 33.4 Å². The van der Waals surface area contributed by atoms with Crippen LogP contribution in [0.4, 0.5) is 0 Å². The number of carbonyl (C=O) groups is 2. The molecule has 0 fully saturated rings. The lowest BCUT2D eigenvalue weighted by molar-refractivity contribution is -0.145. The number of ether oxygens (including phenoxy) is 2. The van der Waals surface area contributed by atoms with E-state index in [1.165, 1.54) is 22.8 Å². The van der Waals surface area contributed by atoms with E-state index in [9.17, 15) is 19.8 Å². The fraction of sp³-hybridized carbons (Fsp3) is 0.116. The number of esters is 1. The summed E-state index contributed by atoms with van der Waals surface area (Å²) in [5.74, 6) is -0.965. The van der Waals surface area contributed by atoms with Crippen molar-refractivity contribution in [2.24, 2.45) is 0 Å². The summed E-state index contributed by atoms with van der Waals surface area (Å²) < 4.78 is 10.4. The van der Waals surface area contributed by atoms with Crippen molar-refractivity contribution in [3.63, 3.8) is 0 Å². The molecule has 0 spiro atoms. The number of hydrogen-bond donors (Lipinski definition) is 2. The highest BCUT2D eigenvalue weighted by atomic mass is 79.9. The van der Waals surface area contributed by atoms with Gasteiger partial charge in [-0.15, -0.1) is 30.0 Å². The van der Waals surface area contributed by atoms with E-state index in [0.717, 1.165) is 16.6 Å². The van der Waals surface area contributed by atoms with Crippen LogP contribution in [0.15, 0.2) is 146 Å². The Balaban J connectivity index is 0.000000206. The maximum absolute atomic E-state index is 11.8. The number of aromatic hydroxyl groups is 1. The van der Waals surface area contributed by atoms with Crippen molar-refractivity contribution < 1.29 is 29.3 Å². The number of aliphatic carboxylic acids is 1. The molecule has 15 heteroatoms. The molecule has 0 aliphatic carbocycles. The summed E-state index contributed by atoms with van der Waals surface area (Å²) in [7, 11) is 1.37. The lowest BCUT2D eigenvalue weighted by Crippen LogP contribution is -2.19. The minimum Gasteiger partial charge on any atom is -0.506 e. The third-order valence-electron chi connectivity index (χ3n) is 7.93. The van der Waals surface area contributed by atoms with Crippen molar-refractivity contribution in [3.05, 3.63) is 167 Å². The number of aromatic nitrogens is 6. The fourth-order valence-corrected chi connectivity index (χ4v) is 6.04. The van der Waals surface area contributed by atoms with Crippen molar-refractivity contribution in [2.45, 2.75) is 25.8 Å². The van der Waals surface area contributed by atoms with Gasteiger partial charge in [-0.05, 0) is 66.2 Å². The number of phenols is 1. The Kier molecular flexibility index (Phi) is 15.9. The summed E-state index contributed by atoms with van der Waals surface area (Å²) in [6.07, 6.45) is -1.17. The summed E-state index contributed by atoms with van der Waals surface area (Å²) in [4.78, 5) is 25.2. The van der Waals surface area contributed by atoms with E-state index in [4.69, 9.17) is 27.9 Å². The Labute approximate surface area is 353 Å². The maximum Gasteiger partial charge on any atom is 0.349 e. The van der Waals surface area contributed by atoms with Gasteiger partial charge in [-0.3, -0.25) is 4.79 Å². The summed E-state index contributed by atoms with van der Waals surface area (Å²) in [6.45, 7) is 0. The van der Waals surface area contributed by atoms with Crippen LogP contribution in [0.3, 0.4) is 0 Å². The first-order chi connectivity index (χ1) is 27.1. The molecule has 8 rings (SSSR count). The molecule has 12 nitrogen and oxygen atoms in total. The van der Waals surface area contributed by atoms with Crippen LogP contribution in [0.1, 0.15) is 36.9 Å². The summed E-state index contributed by atoms with van der Waals surface area (Å²) in [5.41, 5.74) is 5.32. The lowest BCUT2D eigenvalue weighted by atomic mass is 10.1. The second-order valence-corrected chi connectivity index (χ2v) is 13.5. The normalized spacial score (nSPS) is 11.3. The zero-order valence-electron chi connectivity index (χ0n) is 29.4. The van der Waals surface area contributed by atoms with E-state index in [-0.39, 0.29) is 31.4 Å². The van der Waals surface area contributed by atoms with Gasteiger partial charge in [0.2, 0.25) is 6.10 Å². The Morgan fingerprint density at radius 3 is 1.50 bits per heavy atom. The fourth-order valence-electron chi connectivity index (χ4n) is 5.22. The van der Waals surface area contributed by atoms with E-state index in [1.54, 1.807) is 54.6 Å².